The highest BCUT2D eigenvalue weighted by Crippen LogP contribution is 2.47. The Labute approximate surface area is 119 Å². The number of piperidine rings is 1. The molecule has 19 heavy (non-hydrogen) atoms. The first kappa shape index (κ1) is 13.9. The van der Waals surface area contributed by atoms with Crippen LogP contribution in [0.15, 0.2) is 0 Å². The molecular weight excluding hydrogens is 232 g/mol. The molecule has 0 aromatic heterocycles. The molecule has 0 atom stereocenters. The predicted octanol–water partition coefficient (Wildman–Crippen LogP) is 3.55. The Bertz CT molecular complexity index is 278. The first-order valence-electron chi connectivity index (χ1n) is 8.69. The van der Waals surface area contributed by atoms with Crippen molar-refractivity contribution in [3.8, 4) is 0 Å². The lowest BCUT2D eigenvalue weighted by Gasteiger charge is -2.45. The number of rotatable bonds is 3. The summed E-state index contributed by atoms with van der Waals surface area (Å²) in [5, 5.41) is 0. The van der Waals surface area contributed by atoms with E-state index >= 15 is 0 Å². The molecule has 2 N–H and O–H groups in total. The lowest BCUT2D eigenvalue weighted by molar-refractivity contribution is 0.0538. The Balaban J connectivity index is 1.53. The van der Waals surface area contributed by atoms with Gasteiger partial charge in [-0.05, 0) is 69.0 Å². The number of likely N-dealkylation sites (tertiary alicyclic amines) is 1. The Morgan fingerprint density at radius 2 is 1.32 bits per heavy atom. The summed E-state index contributed by atoms with van der Waals surface area (Å²) in [5.41, 5.74) is 7.38. The van der Waals surface area contributed by atoms with Crippen molar-refractivity contribution in [1.82, 2.24) is 4.90 Å². The summed E-state index contributed by atoms with van der Waals surface area (Å²) in [6, 6.07) is 0. The molecule has 110 valence electrons. The molecule has 1 aliphatic heterocycles. The van der Waals surface area contributed by atoms with Crippen LogP contribution in [0.5, 0.6) is 0 Å². The van der Waals surface area contributed by atoms with Gasteiger partial charge in [-0.2, -0.15) is 0 Å². The smallest absolute Gasteiger partial charge is 0.00501 e. The van der Waals surface area contributed by atoms with Gasteiger partial charge in [-0.25, -0.2) is 0 Å². The van der Waals surface area contributed by atoms with Gasteiger partial charge in [0.2, 0.25) is 0 Å². The van der Waals surface area contributed by atoms with Gasteiger partial charge in [-0.1, -0.05) is 32.1 Å². The summed E-state index contributed by atoms with van der Waals surface area (Å²) < 4.78 is 0. The van der Waals surface area contributed by atoms with E-state index in [0.717, 1.165) is 12.0 Å². The second-order valence-corrected chi connectivity index (χ2v) is 7.75. The van der Waals surface area contributed by atoms with Crippen LogP contribution in [0.1, 0.15) is 70.6 Å². The lowest BCUT2D eigenvalue weighted by atomic mass is 9.72. The van der Waals surface area contributed by atoms with E-state index in [4.69, 9.17) is 5.73 Å². The number of hydrogen-bond acceptors (Lipinski definition) is 2. The van der Waals surface area contributed by atoms with Gasteiger partial charge in [0, 0.05) is 6.54 Å². The highest BCUT2D eigenvalue weighted by molar-refractivity contribution is 4.93. The number of nitrogens with zero attached hydrogens (tertiary/aromatic N) is 1. The summed E-state index contributed by atoms with van der Waals surface area (Å²) >= 11 is 0. The van der Waals surface area contributed by atoms with Crippen LogP contribution in [-0.2, 0) is 0 Å². The zero-order valence-electron chi connectivity index (χ0n) is 12.6. The van der Waals surface area contributed by atoms with Crippen LogP contribution in [0.25, 0.3) is 0 Å². The first-order chi connectivity index (χ1) is 9.26. The van der Waals surface area contributed by atoms with Gasteiger partial charge in [-0.15, -0.1) is 0 Å². The standard InChI is InChI=1S/C17H32N2/c18-14-17(8-2-1-3-9-17)15-19-12-10-16(11-13-19)6-4-5-7-16/h1-15,18H2. The maximum absolute atomic E-state index is 6.14. The Morgan fingerprint density at radius 1 is 0.737 bits per heavy atom. The molecule has 3 rings (SSSR count). The molecule has 0 bridgehead atoms. The fourth-order valence-electron chi connectivity index (χ4n) is 5.01. The molecule has 2 aliphatic carbocycles. The van der Waals surface area contributed by atoms with Crippen LogP contribution in [0.4, 0.5) is 0 Å². The quantitative estimate of drug-likeness (QED) is 0.844. The molecule has 0 aromatic carbocycles. The highest BCUT2D eigenvalue weighted by Gasteiger charge is 2.39. The van der Waals surface area contributed by atoms with Crippen LogP contribution < -0.4 is 5.73 Å². The largest absolute Gasteiger partial charge is 0.330 e. The zero-order chi connectivity index (χ0) is 13.2. The average molecular weight is 264 g/mol. The van der Waals surface area contributed by atoms with Crippen molar-refractivity contribution in [3.63, 3.8) is 0 Å². The van der Waals surface area contributed by atoms with Crippen LogP contribution in [-0.4, -0.2) is 31.1 Å². The number of hydrogen-bond donors (Lipinski definition) is 1. The molecule has 1 heterocycles. The summed E-state index contributed by atoms with van der Waals surface area (Å²) in [5.74, 6) is 0. The molecule has 2 saturated carbocycles. The summed E-state index contributed by atoms with van der Waals surface area (Å²) in [4.78, 5) is 2.75. The van der Waals surface area contributed by atoms with Crippen molar-refractivity contribution >= 4 is 0 Å². The summed E-state index contributed by atoms with van der Waals surface area (Å²) in [7, 11) is 0. The van der Waals surface area contributed by atoms with Crippen molar-refractivity contribution in [3.05, 3.63) is 0 Å². The molecule has 0 radical (unpaired) electrons. The second-order valence-electron chi connectivity index (χ2n) is 7.75. The monoisotopic (exact) mass is 264 g/mol. The van der Waals surface area contributed by atoms with Gasteiger partial charge in [0.1, 0.15) is 0 Å². The van der Waals surface area contributed by atoms with Gasteiger partial charge in [0.05, 0.1) is 0 Å². The third-order valence-electron chi connectivity index (χ3n) is 6.49. The molecule has 1 spiro atoms. The third kappa shape index (κ3) is 3.00. The van der Waals surface area contributed by atoms with Crippen molar-refractivity contribution < 1.29 is 0 Å². The van der Waals surface area contributed by atoms with Crippen LogP contribution >= 0.6 is 0 Å². The van der Waals surface area contributed by atoms with E-state index < -0.39 is 0 Å². The van der Waals surface area contributed by atoms with E-state index in [9.17, 15) is 0 Å². The summed E-state index contributed by atoms with van der Waals surface area (Å²) in [6.45, 7) is 4.90. The minimum Gasteiger partial charge on any atom is -0.330 e. The first-order valence-corrected chi connectivity index (χ1v) is 8.69. The maximum atomic E-state index is 6.14. The van der Waals surface area contributed by atoms with Crippen molar-refractivity contribution in [2.24, 2.45) is 16.6 Å². The molecular formula is C17H32N2. The van der Waals surface area contributed by atoms with Gasteiger partial charge < -0.3 is 10.6 Å². The minimum absolute atomic E-state index is 0.471. The van der Waals surface area contributed by atoms with Gasteiger partial charge in [0.25, 0.3) is 0 Å². The fourth-order valence-corrected chi connectivity index (χ4v) is 5.01. The molecule has 0 unspecified atom stereocenters. The average Bonchev–Trinajstić information content (AvgIpc) is 2.91. The SMILES string of the molecule is NCC1(CN2CCC3(CCCC3)CC2)CCCCC1. The second kappa shape index (κ2) is 5.73. The lowest BCUT2D eigenvalue weighted by Crippen LogP contribution is -2.48. The Kier molecular flexibility index (Phi) is 4.19. The topological polar surface area (TPSA) is 29.3 Å². The third-order valence-corrected chi connectivity index (χ3v) is 6.49. The molecule has 3 aliphatic rings. The van der Waals surface area contributed by atoms with Gasteiger partial charge in [-0.3, -0.25) is 0 Å². The van der Waals surface area contributed by atoms with Crippen LogP contribution in [0, 0.1) is 10.8 Å². The fraction of sp³-hybridized carbons (Fsp3) is 1.00. The molecule has 2 nitrogen and oxygen atoms in total. The van der Waals surface area contributed by atoms with Crippen molar-refractivity contribution in [2.75, 3.05) is 26.2 Å². The number of nitrogens with two attached hydrogens (primary N) is 1. The maximum Gasteiger partial charge on any atom is 0.00501 e. The zero-order valence-corrected chi connectivity index (χ0v) is 12.6. The molecule has 2 heteroatoms. The van der Waals surface area contributed by atoms with Crippen molar-refractivity contribution in [1.29, 1.82) is 0 Å². The highest BCUT2D eigenvalue weighted by atomic mass is 15.1. The van der Waals surface area contributed by atoms with E-state index in [-0.39, 0.29) is 0 Å². The Hall–Kier alpha value is -0.0800. The van der Waals surface area contributed by atoms with Crippen LogP contribution in [0.3, 0.4) is 0 Å². The predicted molar refractivity (Wildman–Crippen MR) is 81.1 cm³/mol. The summed E-state index contributed by atoms with van der Waals surface area (Å²) in [6.07, 6.45) is 16.0. The molecule has 0 amide bonds. The van der Waals surface area contributed by atoms with Gasteiger partial charge in [0.15, 0.2) is 0 Å². The van der Waals surface area contributed by atoms with Crippen LogP contribution in [0.2, 0.25) is 0 Å². The van der Waals surface area contributed by atoms with Gasteiger partial charge >= 0.3 is 0 Å². The Morgan fingerprint density at radius 3 is 1.89 bits per heavy atom. The van der Waals surface area contributed by atoms with Crippen molar-refractivity contribution in [2.45, 2.75) is 70.6 Å². The molecule has 0 aromatic rings. The molecule has 1 saturated heterocycles. The van der Waals surface area contributed by atoms with E-state index in [0.29, 0.717) is 5.41 Å². The minimum atomic E-state index is 0.471. The van der Waals surface area contributed by atoms with E-state index in [2.05, 4.69) is 4.90 Å². The van der Waals surface area contributed by atoms with E-state index in [1.807, 2.05) is 0 Å². The normalized spacial score (nSPS) is 30.8. The van der Waals surface area contributed by atoms with E-state index in [1.54, 1.807) is 0 Å². The van der Waals surface area contributed by atoms with E-state index in [1.165, 1.54) is 90.3 Å². The molecule has 3 fully saturated rings.